The largest absolute Gasteiger partial charge is 0.347 e. The fraction of sp³-hybridized carbons (Fsp3) is 0.846. The van der Waals surface area contributed by atoms with E-state index in [4.69, 9.17) is 0 Å². The summed E-state index contributed by atoms with van der Waals surface area (Å²) in [5.41, 5.74) is -0.0984. The van der Waals surface area contributed by atoms with Crippen LogP contribution in [-0.4, -0.2) is 29.6 Å². The van der Waals surface area contributed by atoms with Crippen molar-refractivity contribution in [2.45, 2.75) is 12.1 Å². The van der Waals surface area contributed by atoms with Gasteiger partial charge in [0.2, 0.25) is 0 Å². The van der Waals surface area contributed by atoms with Gasteiger partial charge in [0.1, 0.15) is 0 Å². The molecule has 2 spiro atoms. The van der Waals surface area contributed by atoms with Crippen molar-refractivity contribution in [3.8, 4) is 0 Å². The second-order valence-electron chi connectivity index (χ2n) is 7.72. The molecule has 6 nitrogen and oxygen atoms in total. The molecule has 4 heterocycles. The first-order valence-corrected chi connectivity index (χ1v) is 8.81. The number of hydrogen-bond acceptors (Lipinski definition) is 3. The Morgan fingerprint density at radius 2 is 1.50 bits per heavy atom. The van der Waals surface area contributed by atoms with Crippen molar-refractivity contribution in [3.63, 3.8) is 0 Å². The lowest BCUT2D eigenvalue weighted by Gasteiger charge is -2.45. The minimum Gasteiger partial charge on any atom is -0.260 e. The van der Waals surface area contributed by atoms with Crippen LogP contribution in [0.25, 0.3) is 0 Å². The monoisotopic (exact) mass is 291 g/mol. The maximum Gasteiger partial charge on any atom is 0.347 e. The Bertz CT molecular complexity index is 843. The SMILES string of the molecule is Cn1c(=O)n2n(c1=O)[C@@H]1[C@H]3C4C5[C@@]6(CS(=O)C[C@@]516)[C@@H]2[C@@H]43. The topological polar surface area (TPSA) is 66.0 Å². The highest BCUT2D eigenvalue weighted by Crippen LogP contribution is 3.03. The molecule has 5 fully saturated rings. The molecule has 1 saturated heterocycles. The van der Waals surface area contributed by atoms with Crippen molar-refractivity contribution >= 4 is 10.8 Å². The van der Waals surface area contributed by atoms with Crippen molar-refractivity contribution in [3.05, 3.63) is 21.0 Å². The van der Waals surface area contributed by atoms with Crippen molar-refractivity contribution < 1.29 is 4.21 Å². The standard InChI is InChI=1S/C13H13N3O3S/c1-14-10(17)15-8-5-4-6(5)9(16(15)11(14)18)13-3-20(19)2-12(8,13)7(4)13/h4-9H,2-3H2,1H3/t4?,5-,6-,7?,8-,9+,12-,13+,20?/m0/s1. The highest BCUT2D eigenvalue weighted by molar-refractivity contribution is 7.85. The second kappa shape index (κ2) is 2.14. The number of hydrogen-bond donors (Lipinski definition) is 0. The molecule has 8 rings (SSSR count). The van der Waals surface area contributed by atoms with Crippen LogP contribution in [0.1, 0.15) is 12.1 Å². The minimum atomic E-state index is -0.752. The van der Waals surface area contributed by atoms with E-state index in [-0.39, 0.29) is 34.3 Å². The lowest BCUT2D eigenvalue weighted by molar-refractivity contribution is 0.0280. The summed E-state index contributed by atoms with van der Waals surface area (Å²) in [6.07, 6.45) is 0. The van der Waals surface area contributed by atoms with E-state index < -0.39 is 10.8 Å². The fourth-order valence-electron chi connectivity index (χ4n) is 7.69. The first kappa shape index (κ1) is 9.76. The summed E-state index contributed by atoms with van der Waals surface area (Å²) < 4.78 is 17.0. The first-order valence-electron chi connectivity index (χ1n) is 7.32. The molecule has 20 heavy (non-hydrogen) atoms. The van der Waals surface area contributed by atoms with E-state index in [0.29, 0.717) is 17.8 Å². The van der Waals surface area contributed by atoms with Crippen molar-refractivity contribution in [1.82, 2.24) is 13.9 Å². The number of nitrogens with zero attached hydrogens (tertiary/aromatic N) is 3. The Kier molecular flexibility index (Phi) is 1.04. The van der Waals surface area contributed by atoms with Gasteiger partial charge in [-0.3, -0.25) is 4.21 Å². The molecule has 3 unspecified atom stereocenters. The normalized spacial score (nSPS) is 64.3. The zero-order chi connectivity index (χ0) is 13.3. The summed E-state index contributed by atoms with van der Waals surface area (Å²) >= 11 is 0. The summed E-state index contributed by atoms with van der Waals surface area (Å²) in [4.78, 5) is 24.9. The predicted octanol–water partition coefficient (Wildman–Crippen LogP) is -1.30. The van der Waals surface area contributed by atoms with Gasteiger partial charge in [0.05, 0.1) is 12.1 Å². The smallest absolute Gasteiger partial charge is 0.260 e. The molecular weight excluding hydrogens is 278 g/mol. The van der Waals surface area contributed by atoms with Gasteiger partial charge in [-0.15, -0.1) is 0 Å². The third-order valence-electron chi connectivity index (χ3n) is 7.78. The third kappa shape index (κ3) is 0.528. The maximum absolute atomic E-state index is 12.5. The molecule has 104 valence electrons. The van der Waals surface area contributed by atoms with Crippen molar-refractivity contribution in [2.75, 3.05) is 11.5 Å². The molecule has 7 heteroatoms. The van der Waals surface area contributed by atoms with Gasteiger partial charge in [-0.05, 0) is 23.7 Å². The lowest BCUT2D eigenvalue weighted by Crippen LogP contribution is -2.52. The van der Waals surface area contributed by atoms with Gasteiger partial charge in [0.15, 0.2) is 0 Å². The van der Waals surface area contributed by atoms with Crippen LogP contribution in [0.5, 0.6) is 0 Å². The Morgan fingerprint density at radius 1 is 1.00 bits per heavy atom. The van der Waals surface area contributed by atoms with Gasteiger partial charge in [-0.1, -0.05) is 0 Å². The zero-order valence-electron chi connectivity index (χ0n) is 10.9. The van der Waals surface area contributed by atoms with E-state index >= 15 is 0 Å². The second-order valence-corrected chi connectivity index (χ2v) is 9.18. The zero-order valence-corrected chi connectivity index (χ0v) is 11.7. The maximum atomic E-state index is 12.5. The van der Waals surface area contributed by atoms with Crippen LogP contribution in [0.4, 0.5) is 0 Å². The van der Waals surface area contributed by atoms with E-state index in [1.807, 2.05) is 0 Å². The molecule has 7 aliphatic rings. The molecule has 0 N–H and O–H groups in total. The summed E-state index contributed by atoms with van der Waals surface area (Å²) in [5, 5.41) is 0. The number of aromatic nitrogens is 3. The Morgan fingerprint density at radius 3 is 2.00 bits per heavy atom. The van der Waals surface area contributed by atoms with E-state index in [2.05, 4.69) is 0 Å². The van der Waals surface area contributed by atoms with Crippen LogP contribution in [0, 0.1) is 34.5 Å². The van der Waals surface area contributed by atoms with E-state index in [1.54, 1.807) is 16.4 Å². The van der Waals surface area contributed by atoms with Gasteiger partial charge in [0, 0.05) is 40.2 Å². The van der Waals surface area contributed by atoms with E-state index in [0.717, 1.165) is 17.4 Å². The minimum absolute atomic E-state index is 0.115. The molecular formula is C13H13N3O3S. The molecule has 4 aliphatic carbocycles. The average molecular weight is 291 g/mol. The fourth-order valence-corrected chi connectivity index (χ4v) is 10.1. The Hall–Kier alpha value is -1.11. The van der Waals surface area contributed by atoms with Crippen LogP contribution in [0.3, 0.4) is 0 Å². The summed E-state index contributed by atoms with van der Waals surface area (Å²) in [6, 6.07) is 0.334. The van der Waals surface area contributed by atoms with Gasteiger partial charge in [0.25, 0.3) is 0 Å². The molecule has 4 saturated carbocycles. The molecule has 1 aromatic rings. The lowest BCUT2D eigenvalue weighted by atomic mass is 9.73. The van der Waals surface area contributed by atoms with E-state index in [1.165, 1.54) is 4.57 Å². The molecule has 0 aromatic carbocycles. The average Bonchev–Trinajstić information content (AvgIpc) is 3.04. The van der Waals surface area contributed by atoms with Crippen LogP contribution in [0.15, 0.2) is 9.59 Å². The quantitative estimate of drug-likeness (QED) is 0.597. The van der Waals surface area contributed by atoms with Gasteiger partial charge in [-0.25, -0.2) is 23.5 Å². The molecule has 9 atom stereocenters. The number of rotatable bonds is 0. The highest BCUT2D eigenvalue weighted by Gasteiger charge is 3.04. The summed E-state index contributed by atoms with van der Waals surface area (Å²) in [5.74, 6) is 4.12. The van der Waals surface area contributed by atoms with Gasteiger partial charge >= 0.3 is 11.4 Å². The molecule has 1 aromatic heterocycles. The Balaban J connectivity index is 1.69. The highest BCUT2D eigenvalue weighted by atomic mass is 32.2. The third-order valence-corrected chi connectivity index (χ3v) is 9.38. The van der Waals surface area contributed by atoms with Crippen LogP contribution >= 0.6 is 0 Å². The van der Waals surface area contributed by atoms with Crippen molar-refractivity contribution in [1.29, 1.82) is 0 Å². The van der Waals surface area contributed by atoms with Gasteiger partial charge in [-0.2, -0.15) is 0 Å². The van der Waals surface area contributed by atoms with Crippen LogP contribution in [-0.2, 0) is 17.8 Å². The van der Waals surface area contributed by atoms with Gasteiger partial charge < -0.3 is 0 Å². The first-order chi connectivity index (χ1) is 9.57. The van der Waals surface area contributed by atoms with Crippen molar-refractivity contribution in [2.24, 2.45) is 41.5 Å². The molecule has 2 bridgehead atoms. The van der Waals surface area contributed by atoms with E-state index in [9.17, 15) is 13.8 Å². The van der Waals surface area contributed by atoms with Crippen LogP contribution in [0.2, 0.25) is 0 Å². The summed E-state index contributed by atoms with van der Waals surface area (Å²) in [6.45, 7) is 0. The molecule has 0 radical (unpaired) electrons. The molecule has 0 amide bonds. The predicted molar refractivity (Wildman–Crippen MR) is 68.7 cm³/mol. The molecule has 3 aliphatic heterocycles. The van der Waals surface area contributed by atoms with Crippen LogP contribution < -0.4 is 11.4 Å². The Labute approximate surface area is 115 Å². The summed E-state index contributed by atoms with van der Waals surface area (Å²) in [7, 11) is 0.827.